The third-order valence-corrected chi connectivity index (χ3v) is 5.19. The zero-order valence-corrected chi connectivity index (χ0v) is 13.2. The number of hydrogen-bond donors (Lipinski definition) is 0. The molecule has 1 unspecified atom stereocenters. The van der Waals surface area contributed by atoms with Crippen molar-refractivity contribution in [3.8, 4) is 5.75 Å². The summed E-state index contributed by atoms with van der Waals surface area (Å²) < 4.78 is 5.64. The third-order valence-electron chi connectivity index (χ3n) is 4.93. The Bertz CT molecular complexity index is 510. The maximum atomic E-state index is 12.3. The molecule has 1 aromatic carbocycles. The van der Waals surface area contributed by atoms with Gasteiger partial charge in [-0.25, -0.2) is 0 Å². The van der Waals surface area contributed by atoms with Crippen LogP contribution in [0.4, 0.5) is 0 Å². The number of amides is 1. The number of halogens is 1. The fourth-order valence-electron chi connectivity index (χ4n) is 3.28. The maximum absolute atomic E-state index is 12.3. The van der Waals surface area contributed by atoms with E-state index in [2.05, 4.69) is 0 Å². The van der Waals surface area contributed by atoms with Gasteiger partial charge < -0.3 is 9.64 Å². The van der Waals surface area contributed by atoms with Crippen LogP contribution in [0.5, 0.6) is 5.75 Å². The van der Waals surface area contributed by atoms with Crippen molar-refractivity contribution >= 4 is 17.5 Å². The SMILES string of the molecule is CN(CCCOc1ccc(Cl)cc1)C(=O)C1CC12CCC2. The van der Waals surface area contributed by atoms with E-state index in [1.54, 1.807) is 0 Å². The first kappa shape index (κ1) is 14.7. The molecule has 1 aromatic rings. The zero-order valence-electron chi connectivity index (χ0n) is 12.5. The van der Waals surface area contributed by atoms with Crippen molar-refractivity contribution in [2.45, 2.75) is 32.1 Å². The van der Waals surface area contributed by atoms with Crippen LogP contribution in [0.3, 0.4) is 0 Å². The average molecular weight is 308 g/mol. The monoisotopic (exact) mass is 307 g/mol. The highest BCUT2D eigenvalue weighted by Crippen LogP contribution is 2.65. The highest BCUT2D eigenvalue weighted by Gasteiger charge is 2.61. The molecular formula is C17H22ClNO2. The van der Waals surface area contributed by atoms with Crippen LogP contribution in [0.25, 0.3) is 0 Å². The lowest BCUT2D eigenvalue weighted by Gasteiger charge is -2.27. The molecule has 0 heterocycles. The minimum Gasteiger partial charge on any atom is -0.494 e. The summed E-state index contributed by atoms with van der Waals surface area (Å²) in [6.07, 6.45) is 5.80. The number of carbonyl (C=O) groups excluding carboxylic acids is 1. The van der Waals surface area contributed by atoms with E-state index in [0.29, 0.717) is 28.9 Å². The quantitative estimate of drug-likeness (QED) is 0.749. The van der Waals surface area contributed by atoms with Crippen molar-refractivity contribution in [2.24, 2.45) is 11.3 Å². The van der Waals surface area contributed by atoms with Crippen molar-refractivity contribution in [3.05, 3.63) is 29.3 Å². The van der Waals surface area contributed by atoms with Crippen LogP contribution in [0.15, 0.2) is 24.3 Å². The van der Waals surface area contributed by atoms with Gasteiger partial charge in [0.2, 0.25) is 5.91 Å². The molecule has 4 heteroatoms. The molecule has 3 rings (SSSR count). The van der Waals surface area contributed by atoms with Gasteiger partial charge in [-0.2, -0.15) is 0 Å². The molecule has 2 saturated carbocycles. The topological polar surface area (TPSA) is 29.5 Å². The van der Waals surface area contributed by atoms with Crippen LogP contribution >= 0.6 is 11.6 Å². The van der Waals surface area contributed by atoms with Gasteiger partial charge in [-0.3, -0.25) is 4.79 Å². The fourth-order valence-corrected chi connectivity index (χ4v) is 3.41. The molecule has 0 saturated heterocycles. The Morgan fingerprint density at radius 1 is 1.38 bits per heavy atom. The highest BCUT2D eigenvalue weighted by molar-refractivity contribution is 6.30. The molecule has 0 radical (unpaired) electrons. The van der Waals surface area contributed by atoms with Crippen LogP contribution in [-0.2, 0) is 4.79 Å². The molecule has 3 nitrogen and oxygen atoms in total. The predicted octanol–water partition coefficient (Wildman–Crippen LogP) is 3.76. The minimum absolute atomic E-state index is 0.313. The number of rotatable bonds is 6. The Morgan fingerprint density at radius 3 is 2.67 bits per heavy atom. The summed E-state index contributed by atoms with van der Waals surface area (Å²) in [6, 6.07) is 7.36. The van der Waals surface area contributed by atoms with Crippen molar-refractivity contribution in [3.63, 3.8) is 0 Å². The first-order valence-corrected chi connectivity index (χ1v) is 8.12. The molecule has 0 aromatic heterocycles. The Kier molecular flexibility index (Phi) is 4.12. The van der Waals surface area contributed by atoms with Crippen LogP contribution in [0.1, 0.15) is 32.1 Å². The van der Waals surface area contributed by atoms with Gasteiger partial charge in [-0.15, -0.1) is 0 Å². The molecule has 0 N–H and O–H groups in total. The Hall–Kier alpha value is -1.22. The molecule has 0 aliphatic heterocycles. The fraction of sp³-hybridized carbons (Fsp3) is 0.588. The summed E-state index contributed by atoms with van der Waals surface area (Å²) in [7, 11) is 1.91. The van der Waals surface area contributed by atoms with Gasteiger partial charge in [0.15, 0.2) is 0 Å². The summed E-state index contributed by atoms with van der Waals surface area (Å²) in [5, 5.41) is 0.710. The Labute approximate surface area is 131 Å². The molecule has 1 amide bonds. The van der Waals surface area contributed by atoms with Crippen LogP contribution in [-0.4, -0.2) is 31.0 Å². The molecule has 2 fully saturated rings. The summed E-state index contributed by atoms with van der Waals surface area (Å²) in [5.41, 5.74) is 0.422. The number of nitrogens with zero attached hydrogens (tertiary/aromatic N) is 1. The lowest BCUT2D eigenvalue weighted by molar-refractivity contribution is -0.132. The minimum atomic E-state index is 0.313. The molecule has 21 heavy (non-hydrogen) atoms. The lowest BCUT2D eigenvalue weighted by atomic mass is 9.79. The van der Waals surface area contributed by atoms with E-state index in [1.807, 2.05) is 36.2 Å². The lowest BCUT2D eigenvalue weighted by Crippen LogP contribution is -2.32. The summed E-state index contributed by atoms with van der Waals surface area (Å²) in [4.78, 5) is 14.2. The molecule has 1 spiro atoms. The zero-order chi connectivity index (χ0) is 14.9. The molecule has 2 aliphatic rings. The normalized spacial score (nSPS) is 21.7. The van der Waals surface area contributed by atoms with Crippen molar-refractivity contribution < 1.29 is 9.53 Å². The van der Waals surface area contributed by atoms with E-state index in [-0.39, 0.29) is 0 Å². The number of ether oxygens (including phenoxy) is 1. The van der Waals surface area contributed by atoms with Crippen molar-refractivity contribution in [1.82, 2.24) is 4.90 Å². The predicted molar refractivity (Wildman–Crippen MR) is 83.6 cm³/mol. The van der Waals surface area contributed by atoms with Crippen LogP contribution in [0, 0.1) is 11.3 Å². The van der Waals surface area contributed by atoms with Gasteiger partial charge in [-0.1, -0.05) is 18.0 Å². The van der Waals surface area contributed by atoms with Gasteiger partial charge in [0, 0.05) is 24.5 Å². The molecule has 2 aliphatic carbocycles. The second kappa shape index (κ2) is 5.88. The van der Waals surface area contributed by atoms with E-state index in [9.17, 15) is 4.79 Å². The molecule has 1 atom stereocenters. The average Bonchev–Trinajstić information content (AvgIpc) is 3.20. The first-order valence-electron chi connectivity index (χ1n) is 7.74. The molecule has 114 valence electrons. The maximum Gasteiger partial charge on any atom is 0.226 e. The standard InChI is InChI=1S/C17H22ClNO2/c1-19(16(20)15-12-17(15)8-2-9-17)10-3-11-21-14-6-4-13(18)5-7-14/h4-7,15H,2-3,8-12H2,1H3. The Morgan fingerprint density at radius 2 is 2.10 bits per heavy atom. The van der Waals surface area contributed by atoms with Gasteiger partial charge >= 0.3 is 0 Å². The molecular weight excluding hydrogens is 286 g/mol. The van der Waals surface area contributed by atoms with E-state index in [0.717, 1.165) is 25.1 Å². The number of benzene rings is 1. The van der Waals surface area contributed by atoms with E-state index < -0.39 is 0 Å². The second-order valence-corrected chi connectivity index (χ2v) is 6.82. The smallest absolute Gasteiger partial charge is 0.226 e. The van der Waals surface area contributed by atoms with Crippen LogP contribution in [0.2, 0.25) is 5.02 Å². The van der Waals surface area contributed by atoms with E-state index in [1.165, 1.54) is 19.3 Å². The van der Waals surface area contributed by atoms with Gasteiger partial charge in [-0.05, 0) is 55.4 Å². The Balaban J connectivity index is 1.35. The summed E-state index contributed by atoms with van der Waals surface area (Å²) >= 11 is 5.82. The third kappa shape index (κ3) is 3.18. The van der Waals surface area contributed by atoms with E-state index >= 15 is 0 Å². The van der Waals surface area contributed by atoms with Gasteiger partial charge in [0.1, 0.15) is 5.75 Å². The number of hydrogen-bond acceptors (Lipinski definition) is 2. The van der Waals surface area contributed by atoms with Gasteiger partial charge in [0.05, 0.1) is 6.61 Å². The van der Waals surface area contributed by atoms with Crippen molar-refractivity contribution in [2.75, 3.05) is 20.2 Å². The second-order valence-electron chi connectivity index (χ2n) is 6.39. The highest BCUT2D eigenvalue weighted by atomic mass is 35.5. The molecule has 0 bridgehead atoms. The van der Waals surface area contributed by atoms with Crippen molar-refractivity contribution in [1.29, 1.82) is 0 Å². The first-order chi connectivity index (χ1) is 10.1. The number of carbonyl (C=O) groups is 1. The van der Waals surface area contributed by atoms with Gasteiger partial charge in [0.25, 0.3) is 0 Å². The largest absolute Gasteiger partial charge is 0.494 e. The summed E-state index contributed by atoms with van der Waals surface area (Å²) in [5.74, 6) is 1.47. The summed E-state index contributed by atoms with van der Waals surface area (Å²) in [6.45, 7) is 1.38. The van der Waals surface area contributed by atoms with E-state index in [4.69, 9.17) is 16.3 Å². The van der Waals surface area contributed by atoms with Crippen LogP contribution < -0.4 is 4.74 Å².